The molecule has 4 nitrogen and oxygen atoms in total. The number of hydrogen-bond acceptors (Lipinski definition) is 2. The minimum atomic E-state index is 0.0171. The van der Waals surface area contributed by atoms with Gasteiger partial charge in [-0.05, 0) is 57.4 Å². The summed E-state index contributed by atoms with van der Waals surface area (Å²) in [6.45, 7) is 7.33. The summed E-state index contributed by atoms with van der Waals surface area (Å²) in [5.74, 6) is 0.573. The van der Waals surface area contributed by atoms with Crippen molar-refractivity contribution in [2.75, 3.05) is 18.9 Å². The maximum atomic E-state index is 12.4. The molecule has 21 heavy (non-hydrogen) atoms. The first-order valence-electron chi connectivity index (χ1n) is 7.87. The second-order valence-corrected chi connectivity index (χ2v) is 6.12. The number of nitrogens with zero attached hydrogens (tertiary/aromatic N) is 1. The Bertz CT molecular complexity index is 471. The molecule has 1 fully saturated rings. The predicted octanol–water partition coefficient (Wildman–Crippen LogP) is 3.62. The van der Waals surface area contributed by atoms with Gasteiger partial charge < -0.3 is 15.5 Å². The third-order valence-corrected chi connectivity index (χ3v) is 4.73. The van der Waals surface area contributed by atoms with Crippen LogP contribution < -0.4 is 10.6 Å². The molecule has 1 aromatic rings. The van der Waals surface area contributed by atoms with Gasteiger partial charge in [0.25, 0.3) is 0 Å². The van der Waals surface area contributed by atoms with Gasteiger partial charge in [-0.25, -0.2) is 4.79 Å². The quantitative estimate of drug-likeness (QED) is 0.892. The number of benzene rings is 1. The lowest BCUT2D eigenvalue weighted by Gasteiger charge is -2.37. The number of carbonyl (C=O) groups excluding carboxylic acids is 1. The lowest BCUT2D eigenvalue weighted by atomic mass is 9.92. The number of urea groups is 1. The smallest absolute Gasteiger partial charge is 0.322 e. The van der Waals surface area contributed by atoms with Crippen molar-refractivity contribution in [3.05, 3.63) is 29.8 Å². The highest BCUT2D eigenvalue weighted by atomic mass is 16.2. The van der Waals surface area contributed by atoms with Crippen molar-refractivity contribution in [1.29, 1.82) is 0 Å². The van der Waals surface area contributed by atoms with E-state index in [9.17, 15) is 4.79 Å². The lowest BCUT2D eigenvalue weighted by Crippen LogP contribution is -2.47. The fourth-order valence-corrected chi connectivity index (χ4v) is 2.84. The van der Waals surface area contributed by atoms with E-state index in [4.69, 9.17) is 0 Å². The molecule has 0 aliphatic carbocycles. The summed E-state index contributed by atoms with van der Waals surface area (Å²) in [5, 5.41) is 6.22. The zero-order valence-corrected chi connectivity index (χ0v) is 13.5. The Balaban J connectivity index is 1.99. The number of likely N-dealkylation sites (tertiary alicyclic amines) is 1. The second-order valence-electron chi connectivity index (χ2n) is 6.12. The van der Waals surface area contributed by atoms with Gasteiger partial charge in [-0.1, -0.05) is 19.1 Å². The molecule has 0 spiro atoms. The lowest BCUT2D eigenvalue weighted by molar-refractivity contribution is 0.139. The molecule has 1 saturated heterocycles. The fraction of sp³-hybridized carbons (Fsp3) is 0.588. The van der Waals surface area contributed by atoms with Gasteiger partial charge in [-0.2, -0.15) is 0 Å². The van der Waals surface area contributed by atoms with E-state index >= 15 is 0 Å². The van der Waals surface area contributed by atoms with Gasteiger partial charge in [0.05, 0.1) is 0 Å². The molecular formula is C17H27N3O. The maximum Gasteiger partial charge on any atom is 0.322 e. The Labute approximate surface area is 127 Å². The summed E-state index contributed by atoms with van der Waals surface area (Å²) in [6, 6.07) is 8.69. The van der Waals surface area contributed by atoms with Crippen molar-refractivity contribution in [2.24, 2.45) is 5.92 Å². The average Bonchev–Trinajstić information content (AvgIpc) is 2.50. The Morgan fingerprint density at radius 1 is 1.29 bits per heavy atom. The van der Waals surface area contributed by atoms with E-state index in [2.05, 4.69) is 43.5 Å². The van der Waals surface area contributed by atoms with Crippen LogP contribution in [0.2, 0.25) is 0 Å². The van der Waals surface area contributed by atoms with Crippen molar-refractivity contribution >= 4 is 11.7 Å². The highest BCUT2D eigenvalue weighted by Crippen LogP contribution is 2.24. The monoisotopic (exact) mass is 289 g/mol. The third kappa shape index (κ3) is 3.76. The van der Waals surface area contributed by atoms with Crippen molar-refractivity contribution in [2.45, 2.75) is 45.7 Å². The molecule has 0 saturated carbocycles. The maximum absolute atomic E-state index is 12.4. The first kappa shape index (κ1) is 15.8. The van der Waals surface area contributed by atoms with E-state index in [1.165, 1.54) is 12.0 Å². The molecular weight excluding hydrogens is 262 g/mol. The van der Waals surface area contributed by atoms with Crippen molar-refractivity contribution in [3.8, 4) is 0 Å². The highest BCUT2D eigenvalue weighted by Gasteiger charge is 2.28. The number of hydrogen-bond donors (Lipinski definition) is 2. The van der Waals surface area contributed by atoms with Gasteiger partial charge in [0, 0.05) is 24.3 Å². The first-order chi connectivity index (χ1) is 10.0. The van der Waals surface area contributed by atoms with Crippen LogP contribution >= 0.6 is 0 Å². The molecule has 1 aromatic carbocycles. The summed E-state index contributed by atoms with van der Waals surface area (Å²) in [7, 11) is 1.94. The molecule has 0 bridgehead atoms. The van der Waals surface area contributed by atoms with Crippen LogP contribution in [0.5, 0.6) is 0 Å². The van der Waals surface area contributed by atoms with Crippen LogP contribution in [0.3, 0.4) is 0 Å². The Morgan fingerprint density at radius 3 is 2.57 bits per heavy atom. The van der Waals surface area contributed by atoms with Gasteiger partial charge >= 0.3 is 6.03 Å². The van der Waals surface area contributed by atoms with Gasteiger partial charge in [-0.3, -0.25) is 0 Å². The molecule has 2 rings (SSSR count). The van der Waals surface area contributed by atoms with Crippen LogP contribution in [0.4, 0.5) is 10.5 Å². The van der Waals surface area contributed by atoms with E-state index in [1.54, 1.807) is 0 Å². The van der Waals surface area contributed by atoms with Gasteiger partial charge in [-0.15, -0.1) is 0 Å². The molecule has 0 aromatic heterocycles. The predicted molar refractivity (Wildman–Crippen MR) is 87.5 cm³/mol. The van der Waals surface area contributed by atoms with Crippen LogP contribution in [0, 0.1) is 5.92 Å². The standard InChI is InChI=1S/C17H27N3O/c1-12-6-5-11-20(14(12)3)17(21)19-16-9-7-15(8-10-16)13(2)18-4/h7-10,12-14,18H,5-6,11H2,1-4H3,(H,19,21). The third-order valence-electron chi connectivity index (χ3n) is 4.73. The molecule has 3 atom stereocenters. The fourth-order valence-electron chi connectivity index (χ4n) is 2.84. The largest absolute Gasteiger partial charge is 0.322 e. The molecule has 1 heterocycles. The average molecular weight is 289 g/mol. The van der Waals surface area contributed by atoms with Crippen LogP contribution in [0.25, 0.3) is 0 Å². The summed E-state index contributed by atoms with van der Waals surface area (Å²) in [4.78, 5) is 14.4. The Kier molecular flexibility index (Phi) is 5.23. The molecule has 2 amide bonds. The van der Waals surface area contributed by atoms with E-state index in [0.29, 0.717) is 18.0 Å². The first-order valence-corrected chi connectivity index (χ1v) is 7.87. The molecule has 3 unspecified atom stereocenters. The molecule has 1 aliphatic rings. The number of piperidine rings is 1. The Morgan fingerprint density at radius 2 is 1.95 bits per heavy atom. The van der Waals surface area contributed by atoms with Gasteiger partial charge in [0.15, 0.2) is 0 Å². The summed E-state index contributed by atoms with van der Waals surface area (Å²) >= 11 is 0. The molecule has 116 valence electrons. The molecule has 4 heteroatoms. The summed E-state index contributed by atoms with van der Waals surface area (Å²) in [5.41, 5.74) is 2.08. The Hall–Kier alpha value is -1.55. The van der Waals surface area contributed by atoms with Gasteiger partial charge in [0.1, 0.15) is 0 Å². The molecule has 2 N–H and O–H groups in total. The minimum absolute atomic E-state index is 0.0171. The highest BCUT2D eigenvalue weighted by molar-refractivity contribution is 5.89. The zero-order valence-electron chi connectivity index (χ0n) is 13.5. The minimum Gasteiger partial charge on any atom is -0.322 e. The van der Waals surface area contributed by atoms with Crippen molar-refractivity contribution in [1.82, 2.24) is 10.2 Å². The van der Waals surface area contributed by atoms with Crippen LogP contribution in [0.15, 0.2) is 24.3 Å². The summed E-state index contributed by atoms with van der Waals surface area (Å²) < 4.78 is 0. The number of amides is 2. The van der Waals surface area contributed by atoms with E-state index < -0.39 is 0 Å². The zero-order chi connectivity index (χ0) is 15.4. The van der Waals surface area contributed by atoms with Crippen molar-refractivity contribution < 1.29 is 4.79 Å². The van der Waals surface area contributed by atoms with E-state index in [0.717, 1.165) is 18.7 Å². The van der Waals surface area contributed by atoms with E-state index in [1.807, 2.05) is 24.1 Å². The van der Waals surface area contributed by atoms with Crippen LogP contribution in [0.1, 0.15) is 45.2 Å². The number of nitrogens with one attached hydrogen (secondary N) is 2. The number of anilines is 1. The number of rotatable bonds is 3. The normalized spacial score (nSPS) is 23.7. The van der Waals surface area contributed by atoms with Crippen LogP contribution in [-0.2, 0) is 0 Å². The SMILES string of the molecule is CNC(C)c1ccc(NC(=O)N2CCCC(C)C2C)cc1. The summed E-state index contributed by atoms with van der Waals surface area (Å²) in [6.07, 6.45) is 2.30. The van der Waals surface area contributed by atoms with E-state index in [-0.39, 0.29) is 6.03 Å². The topological polar surface area (TPSA) is 44.4 Å². The van der Waals surface area contributed by atoms with Crippen LogP contribution in [-0.4, -0.2) is 30.6 Å². The molecule has 0 radical (unpaired) electrons. The van der Waals surface area contributed by atoms with Gasteiger partial charge in [0.2, 0.25) is 0 Å². The molecule has 1 aliphatic heterocycles. The van der Waals surface area contributed by atoms with Crippen molar-refractivity contribution in [3.63, 3.8) is 0 Å². The second kappa shape index (κ2) is 6.94. The number of carbonyl (C=O) groups is 1.